The van der Waals surface area contributed by atoms with Crippen molar-refractivity contribution in [2.24, 2.45) is 0 Å². The molecule has 0 saturated carbocycles. The number of ether oxygens (including phenoxy) is 1. The van der Waals surface area contributed by atoms with Crippen molar-refractivity contribution in [3.8, 4) is 18.1 Å². The molecule has 1 saturated heterocycles. The molecule has 0 amide bonds. The summed E-state index contributed by atoms with van der Waals surface area (Å²) in [7, 11) is 0. The van der Waals surface area contributed by atoms with Crippen LogP contribution >= 0.6 is 34.7 Å². The predicted octanol–water partition coefficient (Wildman–Crippen LogP) is 4.37. The Kier molecular flexibility index (Phi) is 4.17. The monoisotopic (exact) mass is 369 g/mol. The van der Waals surface area contributed by atoms with E-state index in [2.05, 4.69) is 24.8 Å². The van der Waals surface area contributed by atoms with E-state index in [-0.39, 0.29) is 21.9 Å². The summed E-state index contributed by atoms with van der Waals surface area (Å²) in [4.78, 5) is 6.12. The van der Waals surface area contributed by atoms with Gasteiger partial charge in [0.15, 0.2) is 21.9 Å². The highest BCUT2D eigenvalue weighted by Gasteiger charge is 2.37. The Hall–Kier alpha value is -1.49. The summed E-state index contributed by atoms with van der Waals surface area (Å²) in [5, 5.41) is 9.22. The van der Waals surface area contributed by atoms with E-state index in [4.69, 9.17) is 28.2 Å². The number of nitrogens with zero attached hydrogens (tertiary/aromatic N) is 2. The van der Waals surface area contributed by atoms with Crippen molar-refractivity contribution in [3.63, 3.8) is 0 Å². The van der Waals surface area contributed by atoms with Crippen molar-refractivity contribution in [3.05, 3.63) is 16.9 Å². The van der Waals surface area contributed by atoms with Gasteiger partial charge in [-0.2, -0.15) is 0 Å². The van der Waals surface area contributed by atoms with Gasteiger partial charge in [0.1, 0.15) is 16.8 Å². The first kappa shape index (κ1) is 16.4. The van der Waals surface area contributed by atoms with E-state index in [9.17, 15) is 4.39 Å². The number of thioether (sulfide) groups is 1. The number of amidine groups is 1. The van der Waals surface area contributed by atoms with Crippen LogP contribution < -0.4 is 9.64 Å². The number of nitrogens with one attached hydrogen (secondary N) is 1. The number of fused-ring (bicyclic) bond motifs is 1. The quantitative estimate of drug-likeness (QED) is 0.816. The van der Waals surface area contributed by atoms with E-state index in [1.165, 1.54) is 29.2 Å². The van der Waals surface area contributed by atoms with Gasteiger partial charge in [-0.05, 0) is 19.9 Å². The first-order chi connectivity index (χ1) is 10.8. The third-order valence-electron chi connectivity index (χ3n) is 3.21. The van der Waals surface area contributed by atoms with Crippen LogP contribution in [-0.4, -0.2) is 28.1 Å². The maximum absolute atomic E-state index is 14.2. The molecular weight excluding hydrogens is 357 g/mol. The van der Waals surface area contributed by atoms with E-state index in [1.807, 2.05) is 0 Å². The van der Waals surface area contributed by atoms with Crippen LogP contribution in [0.2, 0.25) is 5.02 Å². The maximum Gasteiger partial charge on any atom is 0.192 e. The standard InChI is InChI=1S/C15H13ClFN3OS2/c1-4-5-21-11-8(16)6-9(17)10-12(11)22-14(19-10)20-7-15(2,3)23-13(20)18/h1,6,18H,5,7H2,2-3H3. The highest BCUT2D eigenvalue weighted by atomic mass is 35.5. The van der Waals surface area contributed by atoms with Crippen molar-refractivity contribution in [2.45, 2.75) is 18.6 Å². The first-order valence-electron chi connectivity index (χ1n) is 6.72. The molecule has 0 radical (unpaired) electrons. The minimum Gasteiger partial charge on any atom is -0.478 e. The number of benzene rings is 1. The van der Waals surface area contributed by atoms with Crippen LogP contribution in [0.15, 0.2) is 6.07 Å². The fourth-order valence-electron chi connectivity index (χ4n) is 2.30. The molecule has 120 valence electrons. The van der Waals surface area contributed by atoms with Crippen LogP contribution in [0.5, 0.6) is 5.75 Å². The second-order valence-corrected chi connectivity index (χ2v) is 8.67. The van der Waals surface area contributed by atoms with Crippen LogP contribution in [0.25, 0.3) is 10.2 Å². The molecule has 1 aliphatic heterocycles. The second kappa shape index (κ2) is 5.86. The molecule has 8 heteroatoms. The lowest BCUT2D eigenvalue weighted by Gasteiger charge is -2.16. The SMILES string of the molecule is C#CCOc1c(Cl)cc(F)c2nc(N3CC(C)(C)SC3=N)sc12. The summed E-state index contributed by atoms with van der Waals surface area (Å²) in [6.07, 6.45) is 5.21. The molecule has 3 rings (SSSR count). The highest BCUT2D eigenvalue weighted by molar-refractivity contribution is 8.15. The number of terminal acetylenes is 1. The summed E-state index contributed by atoms with van der Waals surface area (Å²) >= 11 is 8.78. The number of hydrogen-bond acceptors (Lipinski definition) is 5. The van der Waals surface area contributed by atoms with Gasteiger partial charge in [0, 0.05) is 11.3 Å². The number of halogens is 2. The lowest BCUT2D eigenvalue weighted by atomic mass is 10.2. The summed E-state index contributed by atoms with van der Waals surface area (Å²) in [5.74, 6) is 2.18. The summed E-state index contributed by atoms with van der Waals surface area (Å²) < 4.78 is 20.1. The van der Waals surface area contributed by atoms with Gasteiger partial charge in [-0.15, -0.1) is 6.42 Å². The van der Waals surface area contributed by atoms with E-state index >= 15 is 0 Å². The second-order valence-electron chi connectivity index (χ2n) is 5.59. The molecule has 2 aromatic rings. The van der Waals surface area contributed by atoms with Gasteiger partial charge < -0.3 is 4.74 Å². The van der Waals surface area contributed by atoms with E-state index in [0.29, 0.717) is 27.3 Å². The Morgan fingerprint density at radius 2 is 2.35 bits per heavy atom. The molecular formula is C15H13ClFN3OS2. The van der Waals surface area contributed by atoms with Gasteiger partial charge in [-0.1, -0.05) is 40.6 Å². The minimum atomic E-state index is -0.516. The fourth-order valence-corrected chi connectivity index (χ4v) is 4.72. The molecule has 0 atom stereocenters. The minimum absolute atomic E-state index is 0.0378. The molecule has 2 heterocycles. The van der Waals surface area contributed by atoms with Crippen LogP contribution in [0.4, 0.5) is 9.52 Å². The van der Waals surface area contributed by atoms with Gasteiger partial charge in [0.05, 0.1) is 5.02 Å². The molecule has 1 fully saturated rings. The first-order valence-corrected chi connectivity index (χ1v) is 8.73. The topological polar surface area (TPSA) is 49.2 Å². The average Bonchev–Trinajstić information content (AvgIpc) is 2.99. The zero-order valence-electron chi connectivity index (χ0n) is 12.4. The Balaban J connectivity index is 2.10. The highest BCUT2D eigenvalue weighted by Crippen LogP contribution is 2.44. The van der Waals surface area contributed by atoms with Crippen molar-refractivity contribution in [1.82, 2.24) is 4.98 Å². The van der Waals surface area contributed by atoms with Crippen molar-refractivity contribution in [1.29, 1.82) is 5.41 Å². The van der Waals surface area contributed by atoms with Gasteiger partial charge in [0.25, 0.3) is 0 Å². The molecule has 0 spiro atoms. The molecule has 1 aromatic carbocycles. The van der Waals surface area contributed by atoms with Crippen LogP contribution in [0.3, 0.4) is 0 Å². The Labute approximate surface area is 146 Å². The lowest BCUT2D eigenvalue weighted by molar-refractivity contribution is 0.375. The Morgan fingerprint density at radius 3 is 2.96 bits per heavy atom. The van der Waals surface area contributed by atoms with Crippen molar-refractivity contribution < 1.29 is 9.13 Å². The number of thiazole rings is 1. The largest absolute Gasteiger partial charge is 0.478 e. The maximum atomic E-state index is 14.2. The Bertz CT molecular complexity index is 843. The average molecular weight is 370 g/mol. The Morgan fingerprint density at radius 1 is 1.61 bits per heavy atom. The number of hydrogen-bond donors (Lipinski definition) is 1. The lowest BCUT2D eigenvalue weighted by Crippen LogP contribution is -2.27. The smallest absolute Gasteiger partial charge is 0.192 e. The van der Waals surface area contributed by atoms with Gasteiger partial charge in [0.2, 0.25) is 0 Å². The molecule has 4 nitrogen and oxygen atoms in total. The molecule has 1 aromatic heterocycles. The van der Waals surface area contributed by atoms with Crippen molar-refractivity contribution in [2.75, 3.05) is 18.1 Å². The summed E-state index contributed by atoms with van der Waals surface area (Å²) in [6, 6.07) is 1.17. The zero-order chi connectivity index (χ0) is 16.8. The van der Waals surface area contributed by atoms with Crippen LogP contribution in [0, 0.1) is 23.6 Å². The number of aromatic nitrogens is 1. The molecule has 0 bridgehead atoms. The third-order valence-corrected chi connectivity index (χ3v) is 5.66. The third kappa shape index (κ3) is 2.99. The number of rotatable bonds is 3. The van der Waals surface area contributed by atoms with E-state index in [1.54, 1.807) is 4.90 Å². The van der Waals surface area contributed by atoms with E-state index < -0.39 is 5.82 Å². The molecule has 1 N–H and O–H groups in total. The van der Waals surface area contributed by atoms with Gasteiger partial charge in [-0.3, -0.25) is 10.3 Å². The van der Waals surface area contributed by atoms with Crippen LogP contribution in [-0.2, 0) is 0 Å². The van der Waals surface area contributed by atoms with Crippen molar-refractivity contribution >= 4 is 55.2 Å². The molecule has 1 aliphatic rings. The summed E-state index contributed by atoms with van der Waals surface area (Å²) in [5.41, 5.74) is 0.184. The fraction of sp³-hybridized carbons (Fsp3) is 0.333. The summed E-state index contributed by atoms with van der Waals surface area (Å²) in [6.45, 7) is 4.78. The number of anilines is 1. The van der Waals surface area contributed by atoms with Gasteiger partial charge >= 0.3 is 0 Å². The van der Waals surface area contributed by atoms with Gasteiger partial charge in [-0.25, -0.2) is 9.37 Å². The molecule has 0 aliphatic carbocycles. The molecule has 0 unspecified atom stereocenters. The van der Waals surface area contributed by atoms with E-state index in [0.717, 1.165) is 0 Å². The molecule has 23 heavy (non-hydrogen) atoms. The predicted molar refractivity (Wildman–Crippen MR) is 95.7 cm³/mol. The van der Waals surface area contributed by atoms with Crippen LogP contribution in [0.1, 0.15) is 13.8 Å². The zero-order valence-corrected chi connectivity index (χ0v) is 14.8. The normalized spacial score (nSPS) is 16.8.